The first-order valence-corrected chi connectivity index (χ1v) is 7.85. The first-order valence-electron chi connectivity index (χ1n) is 7.85. The third kappa shape index (κ3) is 4.67. The van der Waals surface area contributed by atoms with Crippen molar-refractivity contribution in [1.29, 1.82) is 0 Å². The second-order valence-electron chi connectivity index (χ2n) is 5.19. The van der Waals surface area contributed by atoms with Crippen molar-refractivity contribution in [2.24, 2.45) is 0 Å². The smallest absolute Gasteiger partial charge is 0.336 e. The predicted octanol–water partition coefficient (Wildman–Crippen LogP) is 3.92. The van der Waals surface area contributed by atoms with Crippen LogP contribution in [0.25, 0.3) is 17.5 Å². The van der Waals surface area contributed by atoms with Crippen LogP contribution in [0.5, 0.6) is 11.5 Å². The molecule has 0 saturated heterocycles. The summed E-state index contributed by atoms with van der Waals surface area (Å²) in [5, 5.41) is 7.43. The van der Waals surface area contributed by atoms with E-state index >= 15 is 0 Å². The Morgan fingerprint density at radius 2 is 1.81 bits per heavy atom. The van der Waals surface area contributed by atoms with Crippen LogP contribution in [0, 0.1) is 0 Å². The molecule has 0 radical (unpaired) electrons. The molecule has 0 bridgehead atoms. The lowest BCUT2D eigenvalue weighted by atomic mass is 10.2. The van der Waals surface area contributed by atoms with Crippen molar-refractivity contribution in [1.82, 2.24) is 10.2 Å². The summed E-state index contributed by atoms with van der Waals surface area (Å²) in [5.41, 5.74) is 1.61. The van der Waals surface area contributed by atoms with Crippen molar-refractivity contribution >= 4 is 12.0 Å². The highest BCUT2D eigenvalue weighted by Gasteiger charge is 2.05. The van der Waals surface area contributed by atoms with Gasteiger partial charge in [0, 0.05) is 11.6 Å². The van der Waals surface area contributed by atoms with Gasteiger partial charge in [-0.05, 0) is 48.0 Å². The van der Waals surface area contributed by atoms with Crippen LogP contribution in [-0.4, -0.2) is 22.8 Å². The van der Waals surface area contributed by atoms with E-state index in [0.717, 1.165) is 16.9 Å². The van der Waals surface area contributed by atoms with Crippen molar-refractivity contribution in [3.05, 3.63) is 79.2 Å². The predicted molar refractivity (Wildman–Crippen MR) is 96.5 cm³/mol. The summed E-state index contributed by atoms with van der Waals surface area (Å²) in [7, 11) is 0. The van der Waals surface area contributed by atoms with E-state index in [9.17, 15) is 4.79 Å². The van der Waals surface area contributed by atoms with Crippen molar-refractivity contribution in [2.75, 3.05) is 6.61 Å². The Bertz CT molecular complexity index is 883. The number of nitrogens with zero attached hydrogens (tertiary/aromatic N) is 2. The molecular weight excluding hydrogens is 332 g/mol. The van der Waals surface area contributed by atoms with E-state index in [0.29, 0.717) is 18.2 Å². The Balaban J connectivity index is 1.56. The summed E-state index contributed by atoms with van der Waals surface area (Å²) < 4.78 is 15.8. The minimum Gasteiger partial charge on any atom is -0.490 e. The second-order valence-corrected chi connectivity index (χ2v) is 5.19. The van der Waals surface area contributed by atoms with Crippen molar-refractivity contribution < 1.29 is 18.7 Å². The maximum atomic E-state index is 11.9. The Morgan fingerprint density at radius 3 is 2.46 bits per heavy atom. The van der Waals surface area contributed by atoms with E-state index in [4.69, 9.17) is 13.9 Å². The number of hydrogen-bond donors (Lipinski definition) is 0. The summed E-state index contributed by atoms with van der Waals surface area (Å²) >= 11 is 0. The minimum absolute atomic E-state index is 0.406. The Labute approximate surface area is 150 Å². The summed E-state index contributed by atoms with van der Waals surface area (Å²) in [5.74, 6) is 1.10. The largest absolute Gasteiger partial charge is 0.490 e. The lowest BCUT2D eigenvalue weighted by Crippen LogP contribution is -2.03. The minimum atomic E-state index is -0.470. The number of aromatic nitrogens is 2. The SMILES string of the molecule is C=CCOc1ccc(/C=C/C(=O)Oc2ccc(-c3nnco3)cc2)cc1. The molecule has 0 atom stereocenters. The molecule has 0 aliphatic rings. The van der Waals surface area contributed by atoms with E-state index in [1.165, 1.54) is 12.5 Å². The molecule has 0 amide bonds. The lowest BCUT2D eigenvalue weighted by molar-refractivity contribution is -0.128. The van der Waals surface area contributed by atoms with Crippen LogP contribution in [0.3, 0.4) is 0 Å². The molecule has 26 heavy (non-hydrogen) atoms. The van der Waals surface area contributed by atoms with E-state index in [1.54, 1.807) is 36.4 Å². The highest BCUT2D eigenvalue weighted by atomic mass is 16.5. The third-order valence-electron chi connectivity index (χ3n) is 3.34. The number of carbonyl (C=O) groups excluding carboxylic acids is 1. The topological polar surface area (TPSA) is 74.5 Å². The number of hydrogen-bond acceptors (Lipinski definition) is 6. The van der Waals surface area contributed by atoms with Crippen LogP contribution in [0.4, 0.5) is 0 Å². The van der Waals surface area contributed by atoms with Crippen LogP contribution in [0.15, 0.2) is 78.1 Å². The van der Waals surface area contributed by atoms with E-state index in [1.807, 2.05) is 24.3 Å². The number of rotatable bonds is 7. The molecule has 1 aromatic heterocycles. The van der Waals surface area contributed by atoms with Gasteiger partial charge in [0.15, 0.2) is 0 Å². The molecule has 3 rings (SSSR count). The zero-order valence-corrected chi connectivity index (χ0v) is 13.9. The molecule has 3 aromatic rings. The quantitative estimate of drug-likeness (QED) is 0.279. The van der Waals surface area contributed by atoms with E-state index < -0.39 is 5.97 Å². The molecule has 0 aliphatic heterocycles. The summed E-state index contributed by atoms with van der Waals surface area (Å²) in [4.78, 5) is 11.9. The molecule has 6 nitrogen and oxygen atoms in total. The van der Waals surface area contributed by atoms with Gasteiger partial charge in [-0.1, -0.05) is 24.8 Å². The molecule has 0 fully saturated rings. The fraction of sp³-hybridized carbons (Fsp3) is 0.0500. The lowest BCUT2D eigenvalue weighted by Gasteiger charge is -2.03. The number of esters is 1. The van der Waals surface area contributed by atoms with E-state index in [-0.39, 0.29) is 0 Å². The maximum absolute atomic E-state index is 11.9. The summed E-state index contributed by atoms with van der Waals surface area (Å²) in [6.07, 6.45) is 5.97. The molecular formula is C20H16N2O4. The average Bonchev–Trinajstić information content (AvgIpc) is 3.21. The highest BCUT2D eigenvalue weighted by molar-refractivity contribution is 5.88. The first kappa shape index (κ1) is 17.2. The van der Waals surface area contributed by atoms with Crippen LogP contribution in [-0.2, 0) is 4.79 Å². The average molecular weight is 348 g/mol. The molecule has 6 heteroatoms. The Morgan fingerprint density at radius 1 is 1.08 bits per heavy atom. The standard InChI is InChI=1S/C20H16N2O4/c1-2-13-24-17-8-3-15(4-9-17)5-12-19(23)26-18-10-6-16(7-11-18)20-22-21-14-25-20/h2-12,14H,1,13H2/b12-5+. The fourth-order valence-electron chi connectivity index (χ4n) is 2.11. The monoisotopic (exact) mass is 348 g/mol. The van der Waals surface area contributed by atoms with Gasteiger partial charge in [0.2, 0.25) is 12.3 Å². The molecule has 2 aromatic carbocycles. The van der Waals surface area contributed by atoms with Gasteiger partial charge in [0.05, 0.1) is 0 Å². The molecule has 130 valence electrons. The second kappa shape index (κ2) is 8.43. The summed E-state index contributed by atoms with van der Waals surface area (Å²) in [6, 6.07) is 14.1. The van der Waals surface area contributed by atoms with Gasteiger partial charge < -0.3 is 13.9 Å². The van der Waals surface area contributed by atoms with Gasteiger partial charge in [-0.3, -0.25) is 0 Å². The van der Waals surface area contributed by atoms with Gasteiger partial charge >= 0.3 is 5.97 Å². The zero-order chi connectivity index (χ0) is 18.2. The Kier molecular flexibility index (Phi) is 5.57. The van der Waals surface area contributed by atoms with Crippen LogP contribution in [0.1, 0.15) is 5.56 Å². The number of benzene rings is 2. The molecule has 0 N–H and O–H groups in total. The molecule has 0 saturated carbocycles. The third-order valence-corrected chi connectivity index (χ3v) is 3.34. The summed E-state index contributed by atoms with van der Waals surface area (Å²) in [6.45, 7) is 4.05. The molecule has 0 unspecified atom stereocenters. The van der Waals surface area contributed by atoms with Gasteiger partial charge in [0.25, 0.3) is 0 Å². The van der Waals surface area contributed by atoms with Gasteiger partial charge in [-0.25, -0.2) is 4.79 Å². The van der Waals surface area contributed by atoms with Crippen molar-refractivity contribution in [3.63, 3.8) is 0 Å². The fourth-order valence-corrected chi connectivity index (χ4v) is 2.11. The normalized spacial score (nSPS) is 10.6. The van der Waals surface area contributed by atoms with Gasteiger partial charge in [0.1, 0.15) is 18.1 Å². The molecule has 0 aliphatic carbocycles. The van der Waals surface area contributed by atoms with Crippen molar-refractivity contribution in [2.45, 2.75) is 0 Å². The van der Waals surface area contributed by atoms with Crippen molar-refractivity contribution in [3.8, 4) is 23.0 Å². The molecule has 0 spiro atoms. The van der Waals surface area contributed by atoms with Crippen LogP contribution >= 0.6 is 0 Å². The first-order chi connectivity index (χ1) is 12.7. The van der Waals surface area contributed by atoms with Gasteiger partial charge in [-0.2, -0.15) is 0 Å². The highest BCUT2D eigenvalue weighted by Crippen LogP contribution is 2.20. The number of ether oxygens (including phenoxy) is 2. The number of carbonyl (C=O) groups is 1. The van der Waals surface area contributed by atoms with Gasteiger partial charge in [-0.15, -0.1) is 10.2 Å². The maximum Gasteiger partial charge on any atom is 0.336 e. The van der Waals surface area contributed by atoms with E-state index in [2.05, 4.69) is 16.8 Å². The van der Waals surface area contributed by atoms with Crippen LogP contribution < -0.4 is 9.47 Å². The Hall–Kier alpha value is -3.67. The van der Waals surface area contributed by atoms with Crippen LogP contribution in [0.2, 0.25) is 0 Å². The zero-order valence-electron chi connectivity index (χ0n) is 13.9. The molecule has 1 heterocycles.